The molecule has 0 aromatic carbocycles. The van der Waals surface area contributed by atoms with Gasteiger partial charge in [-0.1, -0.05) is 0 Å². The molecule has 1 aliphatic heterocycles. The lowest BCUT2D eigenvalue weighted by molar-refractivity contribution is 0.492. The van der Waals surface area contributed by atoms with Crippen LogP contribution < -0.4 is 5.32 Å². The van der Waals surface area contributed by atoms with Crippen LogP contribution in [0.4, 0.5) is 0 Å². The molecule has 5 nitrogen and oxygen atoms in total. The van der Waals surface area contributed by atoms with Crippen LogP contribution in [0.25, 0.3) is 0 Å². The Morgan fingerprint density at radius 2 is 2.13 bits per heavy atom. The van der Waals surface area contributed by atoms with Gasteiger partial charge in [-0.2, -0.15) is 0 Å². The third-order valence-electron chi connectivity index (χ3n) is 2.79. The van der Waals surface area contributed by atoms with Crippen LogP contribution in [-0.2, 0) is 16.9 Å². The summed E-state index contributed by atoms with van der Waals surface area (Å²) < 4.78 is 25.9. The highest BCUT2D eigenvalue weighted by molar-refractivity contribution is 7.92. The Morgan fingerprint density at radius 1 is 1.47 bits per heavy atom. The van der Waals surface area contributed by atoms with Gasteiger partial charge < -0.3 is 9.88 Å². The van der Waals surface area contributed by atoms with Crippen molar-refractivity contribution in [1.82, 2.24) is 14.9 Å². The number of piperidine rings is 1. The van der Waals surface area contributed by atoms with Gasteiger partial charge in [-0.3, -0.25) is 0 Å². The molecule has 6 heteroatoms. The number of aromatic nitrogens is 2. The van der Waals surface area contributed by atoms with Gasteiger partial charge in [0.05, 0.1) is 17.8 Å². The van der Waals surface area contributed by atoms with Crippen LogP contribution >= 0.6 is 0 Å². The quantitative estimate of drug-likeness (QED) is 0.772. The maximum atomic E-state index is 12.2. The molecule has 2 rings (SSSR count). The Kier molecular flexibility index (Phi) is 2.79. The number of imidazole rings is 1. The molecule has 1 N–H and O–H groups in total. The van der Waals surface area contributed by atoms with E-state index < -0.39 is 9.84 Å². The topological polar surface area (TPSA) is 64.0 Å². The van der Waals surface area contributed by atoms with Gasteiger partial charge in [0.2, 0.25) is 0 Å². The van der Waals surface area contributed by atoms with Crippen LogP contribution in [0.1, 0.15) is 12.8 Å². The summed E-state index contributed by atoms with van der Waals surface area (Å²) in [5.41, 5.74) is 0. The maximum absolute atomic E-state index is 12.2. The summed E-state index contributed by atoms with van der Waals surface area (Å²) in [6.07, 6.45) is 4.33. The van der Waals surface area contributed by atoms with Crippen molar-refractivity contribution in [2.24, 2.45) is 7.05 Å². The van der Waals surface area contributed by atoms with E-state index in [1.807, 2.05) is 0 Å². The van der Waals surface area contributed by atoms with Gasteiger partial charge in [-0.25, -0.2) is 13.4 Å². The third kappa shape index (κ3) is 1.91. The molecule has 2 heterocycles. The predicted molar refractivity (Wildman–Crippen MR) is 56.3 cm³/mol. The minimum absolute atomic E-state index is 0.255. The predicted octanol–water partition coefficient (Wildman–Crippen LogP) is -0.0542. The molecule has 0 aliphatic carbocycles. The Bertz CT molecular complexity index is 432. The zero-order valence-corrected chi connectivity index (χ0v) is 9.50. The van der Waals surface area contributed by atoms with Gasteiger partial charge in [0, 0.05) is 7.05 Å². The molecule has 0 unspecified atom stereocenters. The van der Waals surface area contributed by atoms with Gasteiger partial charge in [0.15, 0.2) is 14.9 Å². The molecule has 1 aliphatic rings. The second-order valence-electron chi connectivity index (χ2n) is 3.84. The van der Waals surface area contributed by atoms with Crippen molar-refractivity contribution in [3.63, 3.8) is 0 Å². The Morgan fingerprint density at radius 3 is 2.67 bits per heavy atom. The van der Waals surface area contributed by atoms with Gasteiger partial charge in [-0.15, -0.1) is 0 Å². The Labute approximate surface area is 89.4 Å². The lowest BCUT2D eigenvalue weighted by Crippen LogP contribution is -2.36. The van der Waals surface area contributed by atoms with E-state index in [4.69, 9.17) is 0 Å². The zero-order valence-electron chi connectivity index (χ0n) is 8.68. The smallest absolute Gasteiger partial charge is 0.198 e. The molecular formula is C9H15N3O2S. The molecule has 0 radical (unpaired) electrons. The van der Waals surface area contributed by atoms with Gasteiger partial charge >= 0.3 is 0 Å². The van der Waals surface area contributed by atoms with E-state index in [9.17, 15) is 8.42 Å². The fourth-order valence-electron chi connectivity index (χ4n) is 1.90. The normalized spacial score (nSPS) is 19.3. The molecule has 0 amide bonds. The first-order chi connectivity index (χ1) is 7.12. The molecule has 1 fully saturated rings. The van der Waals surface area contributed by atoms with Crippen molar-refractivity contribution in [3.05, 3.63) is 12.5 Å². The number of aryl methyl sites for hydroxylation is 1. The van der Waals surface area contributed by atoms with E-state index in [0.29, 0.717) is 17.9 Å². The standard InChI is InChI=1S/C9H15N3O2S/c1-12-7-11-6-9(12)15(13,14)8-2-4-10-5-3-8/h6-8,10H,2-5H2,1H3. The average molecular weight is 229 g/mol. The molecule has 0 atom stereocenters. The molecule has 15 heavy (non-hydrogen) atoms. The van der Waals surface area contributed by atoms with Crippen LogP contribution in [0, 0.1) is 0 Å². The number of hydrogen-bond donors (Lipinski definition) is 1. The molecule has 0 bridgehead atoms. The van der Waals surface area contributed by atoms with Crippen LogP contribution in [0.5, 0.6) is 0 Å². The number of nitrogens with one attached hydrogen (secondary N) is 1. The fourth-order valence-corrected chi connectivity index (χ4v) is 3.75. The molecule has 1 aromatic heterocycles. The highest BCUT2D eigenvalue weighted by Gasteiger charge is 2.30. The summed E-state index contributed by atoms with van der Waals surface area (Å²) in [6, 6.07) is 0. The third-order valence-corrected chi connectivity index (χ3v) is 5.11. The first kappa shape index (κ1) is 10.6. The molecule has 0 spiro atoms. The summed E-state index contributed by atoms with van der Waals surface area (Å²) >= 11 is 0. The summed E-state index contributed by atoms with van der Waals surface area (Å²) in [4.78, 5) is 3.85. The van der Waals surface area contributed by atoms with Crippen molar-refractivity contribution < 1.29 is 8.42 Å². The maximum Gasteiger partial charge on any atom is 0.198 e. The monoisotopic (exact) mass is 229 g/mol. The van der Waals surface area contributed by atoms with E-state index in [1.165, 1.54) is 12.5 Å². The Hall–Kier alpha value is -0.880. The summed E-state index contributed by atoms with van der Waals surface area (Å²) in [5.74, 6) is 0. The van der Waals surface area contributed by atoms with Gasteiger partial charge in [0.25, 0.3) is 0 Å². The lowest BCUT2D eigenvalue weighted by Gasteiger charge is -2.22. The first-order valence-corrected chi connectivity index (χ1v) is 6.58. The second-order valence-corrected chi connectivity index (χ2v) is 6.01. The highest BCUT2D eigenvalue weighted by Crippen LogP contribution is 2.21. The fraction of sp³-hybridized carbons (Fsp3) is 0.667. The van der Waals surface area contributed by atoms with Crippen molar-refractivity contribution in [2.45, 2.75) is 23.1 Å². The lowest BCUT2D eigenvalue weighted by atomic mass is 10.2. The van der Waals surface area contributed by atoms with Crippen molar-refractivity contribution in [3.8, 4) is 0 Å². The Balaban J connectivity index is 2.30. The van der Waals surface area contributed by atoms with Crippen LogP contribution in [0.3, 0.4) is 0 Å². The highest BCUT2D eigenvalue weighted by atomic mass is 32.2. The summed E-state index contributed by atoms with van der Waals surface area (Å²) in [6.45, 7) is 1.56. The van der Waals surface area contributed by atoms with E-state index in [1.54, 1.807) is 11.6 Å². The zero-order chi connectivity index (χ0) is 10.9. The minimum Gasteiger partial charge on any atom is -0.325 e. The van der Waals surface area contributed by atoms with E-state index >= 15 is 0 Å². The molecule has 0 saturated carbocycles. The van der Waals surface area contributed by atoms with Crippen LogP contribution in [-0.4, -0.2) is 36.3 Å². The number of hydrogen-bond acceptors (Lipinski definition) is 4. The minimum atomic E-state index is -3.19. The molecule has 1 aromatic rings. The second kappa shape index (κ2) is 3.94. The number of sulfone groups is 1. The van der Waals surface area contributed by atoms with Crippen molar-refractivity contribution >= 4 is 9.84 Å². The first-order valence-electron chi connectivity index (χ1n) is 5.03. The van der Waals surface area contributed by atoms with E-state index in [0.717, 1.165) is 13.1 Å². The van der Waals surface area contributed by atoms with E-state index in [2.05, 4.69) is 10.3 Å². The summed E-state index contributed by atoms with van der Waals surface area (Å²) in [7, 11) is -1.48. The van der Waals surface area contributed by atoms with Crippen LogP contribution in [0.2, 0.25) is 0 Å². The van der Waals surface area contributed by atoms with Crippen molar-refractivity contribution in [1.29, 1.82) is 0 Å². The molecule has 1 saturated heterocycles. The van der Waals surface area contributed by atoms with Crippen molar-refractivity contribution in [2.75, 3.05) is 13.1 Å². The number of nitrogens with zero attached hydrogens (tertiary/aromatic N) is 2. The summed E-state index contributed by atoms with van der Waals surface area (Å²) in [5, 5.41) is 3.23. The number of rotatable bonds is 2. The van der Waals surface area contributed by atoms with Gasteiger partial charge in [0.1, 0.15) is 0 Å². The van der Waals surface area contributed by atoms with Gasteiger partial charge in [-0.05, 0) is 25.9 Å². The molecular weight excluding hydrogens is 214 g/mol. The molecule has 84 valence electrons. The largest absolute Gasteiger partial charge is 0.325 e. The SMILES string of the molecule is Cn1cncc1S(=O)(=O)C1CCNCC1. The van der Waals surface area contributed by atoms with Crippen LogP contribution in [0.15, 0.2) is 17.6 Å². The average Bonchev–Trinajstić information content (AvgIpc) is 2.66. The van der Waals surface area contributed by atoms with E-state index in [-0.39, 0.29) is 5.25 Å².